The van der Waals surface area contributed by atoms with E-state index in [1.54, 1.807) is 0 Å². The molecule has 1 fully saturated rings. The Balaban J connectivity index is 1.43. The molecular weight excluding hydrogens is 383 g/mol. The first-order chi connectivity index (χ1) is 13.8. The van der Waals surface area contributed by atoms with Crippen LogP contribution in [0.1, 0.15) is 24.0 Å². The molecule has 0 aromatic heterocycles. The first kappa shape index (κ1) is 20.7. The molecule has 2 aromatic rings. The van der Waals surface area contributed by atoms with Crippen molar-refractivity contribution in [2.45, 2.75) is 25.4 Å². The Morgan fingerprint density at radius 3 is 2.10 bits per heavy atom. The summed E-state index contributed by atoms with van der Waals surface area (Å²) in [7, 11) is 0. The van der Waals surface area contributed by atoms with Crippen molar-refractivity contribution in [1.82, 2.24) is 5.32 Å². The van der Waals surface area contributed by atoms with Crippen molar-refractivity contribution < 1.29 is 22.8 Å². The molecule has 0 unspecified atom stereocenters. The SMILES string of the molecule is O=C(NCCc1ccc(N2CCCC2)cc1)C(=O)Nc1ccc(C(F)(F)F)cc1. The van der Waals surface area contributed by atoms with Gasteiger partial charge >= 0.3 is 18.0 Å². The average Bonchev–Trinajstić information content (AvgIpc) is 3.23. The third-order valence-electron chi connectivity index (χ3n) is 4.78. The minimum Gasteiger partial charge on any atom is -0.372 e. The Hall–Kier alpha value is -3.03. The van der Waals surface area contributed by atoms with Gasteiger partial charge in [-0.1, -0.05) is 12.1 Å². The zero-order valence-electron chi connectivity index (χ0n) is 15.8. The smallest absolute Gasteiger partial charge is 0.372 e. The normalized spacial score (nSPS) is 14.0. The maximum absolute atomic E-state index is 12.5. The molecule has 0 spiro atoms. The number of alkyl halides is 3. The minimum atomic E-state index is -4.45. The van der Waals surface area contributed by atoms with Gasteiger partial charge in [-0.2, -0.15) is 13.2 Å². The second kappa shape index (κ2) is 8.98. The van der Waals surface area contributed by atoms with Gasteiger partial charge in [0.1, 0.15) is 0 Å². The summed E-state index contributed by atoms with van der Waals surface area (Å²) in [6.07, 6.45) is -1.46. The van der Waals surface area contributed by atoms with E-state index in [2.05, 4.69) is 27.7 Å². The summed E-state index contributed by atoms with van der Waals surface area (Å²) in [5.74, 6) is -1.76. The van der Waals surface area contributed by atoms with Gasteiger partial charge in [0.2, 0.25) is 0 Å². The van der Waals surface area contributed by atoms with Crippen LogP contribution in [0.15, 0.2) is 48.5 Å². The molecule has 5 nitrogen and oxygen atoms in total. The Morgan fingerprint density at radius 2 is 1.52 bits per heavy atom. The molecule has 0 saturated carbocycles. The Kier molecular flexibility index (Phi) is 6.41. The van der Waals surface area contributed by atoms with Crippen molar-refractivity contribution in [3.05, 3.63) is 59.7 Å². The van der Waals surface area contributed by atoms with Gasteiger partial charge in [-0.15, -0.1) is 0 Å². The number of carbonyl (C=O) groups excluding carboxylic acids is 2. The van der Waals surface area contributed by atoms with Crippen LogP contribution >= 0.6 is 0 Å². The number of nitrogens with zero attached hydrogens (tertiary/aromatic N) is 1. The number of halogens is 3. The Labute approximate surface area is 166 Å². The van der Waals surface area contributed by atoms with Gasteiger partial charge < -0.3 is 15.5 Å². The highest BCUT2D eigenvalue weighted by Crippen LogP contribution is 2.29. The molecule has 29 heavy (non-hydrogen) atoms. The summed E-state index contributed by atoms with van der Waals surface area (Å²) in [5, 5.41) is 4.80. The van der Waals surface area contributed by atoms with Crippen LogP contribution in [0.2, 0.25) is 0 Å². The van der Waals surface area contributed by atoms with Gasteiger partial charge in [-0.3, -0.25) is 9.59 Å². The summed E-state index contributed by atoms with van der Waals surface area (Å²) < 4.78 is 37.6. The second-order valence-corrected chi connectivity index (χ2v) is 6.90. The quantitative estimate of drug-likeness (QED) is 0.748. The summed E-state index contributed by atoms with van der Waals surface area (Å²) >= 11 is 0. The van der Waals surface area contributed by atoms with Crippen molar-refractivity contribution in [2.75, 3.05) is 29.9 Å². The molecule has 1 heterocycles. The van der Waals surface area contributed by atoms with Crippen LogP contribution in [0.4, 0.5) is 24.5 Å². The molecule has 2 amide bonds. The van der Waals surface area contributed by atoms with Crippen LogP contribution in [0.5, 0.6) is 0 Å². The van der Waals surface area contributed by atoms with Crippen molar-refractivity contribution in [3.8, 4) is 0 Å². The second-order valence-electron chi connectivity index (χ2n) is 6.90. The van der Waals surface area contributed by atoms with Gasteiger partial charge in [-0.25, -0.2) is 0 Å². The fourth-order valence-corrected chi connectivity index (χ4v) is 3.18. The van der Waals surface area contributed by atoms with Crippen molar-refractivity contribution in [2.24, 2.45) is 0 Å². The van der Waals surface area contributed by atoms with Crippen molar-refractivity contribution >= 4 is 23.2 Å². The number of benzene rings is 2. The van der Waals surface area contributed by atoms with Gasteiger partial charge in [0, 0.05) is 31.0 Å². The van der Waals surface area contributed by atoms with Gasteiger partial charge in [0.05, 0.1) is 5.56 Å². The fourth-order valence-electron chi connectivity index (χ4n) is 3.18. The molecule has 0 atom stereocenters. The number of carbonyl (C=O) groups is 2. The van der Waals surface area contributed by atoms with E-state index >= 15 is 0 Å². The van der Waals surface area contributed by atoms with Crippen LogP contribution in [-0.4, -0.2) is 31.4 Å². The maximum atomic E-state index is 12.5. The largest absolute Gasteiger partial charge is 0.416 e. The van der Waals surface area contributed by atoms with E-state index in [4.69, 9.17) is 0 Å². The highest BCUT2D eigenvalue weighted by molar-refractivity contribution is 6.39. The molecule has 0 bridgehead atoms. The lowest BCUT2D eigenvalue weighted by molar-refractivity contribution is -0.137. The average molecular weight is 405 g/mol. The highest BCUT2D eigenvalue weighted by atomic mass is 19.4. The predicted octanol–water partition coefficient (Wildman–Crippen LogP) is 3.60. The molecule has 2 N–H and O–H groups in total. The molecule has 0 aliphatic carbocycles. The molecule has 1 aliphatic rings. The van der Waals surface area contributed by atoms with E-state index in [1.165, 1.54) is 18.5 Å². The summed E-state index contributed by atoms with van der Waals surface area (Å²) in [5.41, 5.74) is 1.52. The lowest BCUT2D eigenvalue weighted by Gasteiger charge is -2.17. The van der Waals surface area contributed by atoms with Gasteiger partial charge in [0.15, 0.2) is 0 Å². The number of rotatable bonds is 5. The molecule has 154 valence electrons. The lowest BCUT2D eigenvalue weighted by Crippen LogP contribution is -2.36. The third-order valence-corrected chi connectivity index (χ3v) is 4.78. The topological polar surface area (TPSA) is 61.4 Å². The van der Waals surface area contributed by atoms with Crippen LogP contribution in [0.25, 0.3) is 0 Å². The molecule has 2 aromatic carbocycles. The Morgan fingerprint density at radius 1 is 0.897 bits per heavy atom. The molecular formula is C21H22F3N3O2. The lowest BCUT2D eigenvalue weighted by atomic mass is 10.1. The van der Waals surface area contributed by atoms with Crippen LogP contribution < -0.4 is 15.5 Å². The summed E-state index contributed by atoms with van der Waals surface area (Å²) in [6, 6.07) is 12.0. The number of hydrogen-bond acceptors (Lipinski definition) is 3. The number of hydrogen-bond donors (Lipinski definition) is 2. The predicted molar refractivity (Wildman–Crippen MR) is 105 cm³/mol. The maximum Gasteiger partial charge on any atom is 0.416 e. The standard InChI is InChI=1S/C21H22F3N3O2/c22-21(23,24)16-5-7-17(8-6-16)26-20(29)19(28)25-12-11-15-3-9-18(10-4-15)27-13-1-2-14-27/h3-10H,1-2,11-14H2,(H,25,28)(H,26,29). The van der Waals surface area contributed by atoms with E-state index < -0.39 is 23.6 Å². The zero-order valence-corrected chi connectivity index (χ0v) is 15.8. The van der Waals surface area contributed by atoms with Gasteiger partial charge in [-0.05, 0) is 61.2 Å². The first-order valence-corrected chi connectivity index (χ1v) is 9.43. The van der Waals surface area contributed by atoms with E-state index in [1.807, 2.05) is 12.1 Å². The molecule has 0 radical (unpaired) electrons. The van der Waals surface area contributed by atoms with Crippen molar-refractivity contribution in [1.29, 1.82) is 0 Å². The van der Waals surface area contributed by atoms with Crippen LogP contribution in [0, 0.1) is 0 Å². The van der Waals surface area contributed by atoms with E-state index in [9.17, 15) is 22.8 Å². The van der Waals surface area contributed by atoms with Crippen molar-refractivity contribution in [3.63, 3.8) is 0 Å². The van der Waals surface area contributed by atoms with Gasteiger partial charge in [0.25, 0.3) is 0 Å². The molecule has 3 rings (SSSR count). The van der Waals surface area contributed by atoms with Crippen LogP contribution in [0.3, 0.4) is 0 Å². The first-order valence-electron chi connectivity index (χ1n) is 9.43. The highest BCUT2D eigenvalue weighted by Gasteiger charge is 2.30. The number of amides is 2. The fraction of sp³-hybridized carbons (Fsp3) is 0.333. The van der Waals surface area contributed by atoms with E-state index in [-0.39, 0.29) is 12.2 Å². The minimum absolute atomic E-state index is 0.121. The summed E-state index contributed by atoms with van der Waals surface area (Å²) in [4.78, 5) is 26.1. The number of nitrogens with one attached hydrogen (secondary N) is 2. The zero-order chi connectivity index (χ0) is 20.9. The monoisotopic (exact) mass is 405 g/mol. The summed E-state index contributed by atoms with van der Waals surface area (Å²) in [6.45, 7) is 2.43. The van der Waals surface area contributed by atoms with E-state index in [0.717, 1.165) is 42.9 Å². The molecule has 1 saturated heterocycles. The Bertz CT molecular complexity index is 843. The van der Waals surface area contributed by atoms with Crippen LogP contribution in [-0.2, 0) is 22.2 Å². The van der Waals surface area contributed by atoms with E-state index in [0.29, 0.717) is 6.42 Å². The molecule has 8 heteroatoms. The third kappa shape index (κ3) is 5.73. The molecule has 1 aliphatic heterocycles. The number of anilines is 2.